The lowest BCUT2D eigenvalue weighted by molar-refractivity contribution is -0.131. The third-order valence-electron chi connectivity index (χ3n) is 4.66. The fourth-order valence-corrected chi connectivity index (χ4v) is 3.10. The number of rotatable bonds is 5. The minimum atomic E-state index is -0.332. The second-order valence-electron chi connectivity index (χ2n) is 6.26. The Bertz CT molecular complexity index is 739. The maximum atomic E-state index is 12.4. The molecular weight excluding hydrogens is 330 g/mol. The summed E-state index contributed by atoms with van der Waals surface area (Å²) < 4.78 is 4.72. The number of ether oxygens (including phenoxy) is 1. The zero-order chi connectivity index (χ0) is 18.4. The van der Waals surface area contributed by atoms with Crippen LogP contribution in [0, 0.1) is 0 Å². The van der Waals surface area contributed by atoms with Gasteiger partial charge in [0.2, 0.25) is 5.91 Å². The topological polar surface area (TPSA) is 62.7 Å². The van der Waals surface area contributed by atoms with Crippen molar-refractivity contribution < 1.29 is 14.3 Å². The fourth-order valence-electron chi connectivity index (χ4n) is 3.10. The Balaban J connectivity index is 1.49. The van der Waals surface area contributed by atoms with Crippen LogP contribution in [-0.4, -0.2) is 55.0 Å². The maximum absolute atomic E-state index is 12.4. The van der Waals surface area contributed by atoms with Crippen molar-refractivity contribution in [3.8, 4) is 0 Å². The summed E-state index contributed by atoms with van der Waals surface area (Å²) in [6, 6.07) is 11.3. The number of piperazine rings is 1. The van der Waals surface area contributed by atoms with Gasteiger partial charge >= 0.3 is 5.97 Å². The molecule has 1 aliphatic heterocycles. The number of anilines is 1. The molecule has 1 aromatic heterocycles. The van der Waals surface area contributed by atoms with Gasteiger partial charge in [0.25, 0.3) is 0 Å². The number of nitrogens with zero attached hydrogens (tertiary/aromatic N) is 3. The zero-order valence-electron chi connectivity index (χ0n) is 14.9. The van der Waals surface area contributed by atoms with Crippen LogP contribution < -0.4 is 4.90 Å². The number of esters is 1. The van der Waals surface area contributed by atoms with Gasteiger partial charge in [-0.15, -0.1) is 0 Å². The molecule has 0 spiro atoms. The van der Waals surface area contributed by atoms with Gasteiger partial charge in [0.05, 0.1) is 12.7 Å². The van der Waals surface area contributed by atoms with E-state index in [4.69, 9.17) is 4.74 Å². The van der Waals surface area contributed by atoms with Crippen LogP contribution in [0.4, 0.5) is 5.69 Å². The van der Waals surface area contributed by atoms with E-state index in [0.717, 1.165) is 30.8 Å². The Morgan fingerprint density at radius 3 is 2.27 bits per heavy atom. The van der Waals surface area contributed by atoms with Crippen LogP contribution in [0.3, 0.4) is 0 Å². The number of pyridine rings is 1. The van der Waals surface area contributed by atoms with Crippen LogP contribution in [0.25, 0.3) is 0 Å². The van der Waals surface area contributed by atoms with Gasteiger partial charge in [-0.1, -0.05) is 0 Å². The molecule has 1 aromatic carbocycles. The number of carbonyl (C=O) groups is 2. The van der Waals surface area contributed by atoms with Crippen LogP contribution >= 0.6 is 0 Å². The highest BCUT2D eigenvalue weighted by Gasteiger charge is 2.21. The van der Waals surface area contributed by atoms with E-state index in [1.54, 1.807) is 24.5 Å². The summed E-state index contributed by atoms with van der Waals surface area (Å²) in [6.45, 7) is 3.01. The fraction of sp³-hybridized carbons (Fsp3) is 0.350. The molecule has 1 fully saturated rings. The summed E-state index contributed by atoms with van der Waals surface area (Å²) in [5.41, 5.74) is 2.74. The molecule has 136 valence electrons. The normalized spacial score (nSPS) is 14.2. The Labute approximate surface area is 153 Å². The van der Waals surface area contributed by atoms with Crippen molar-refractivity contribution in [3.05, 3.63) is 59.9 Å². The number of aryl methyl sites for hydroxylation is 1. The van der Waals surface area contributed by atoms with Gasteiger partial charge in [-0.3, -0.25) is 9.78 Å². The molecule has 26 heavy (non-hydrogen) atoms. The molecule has 1 aliphatic rings. The van der Waals surface area contributed by atoms with Crippen LogP contribution in [0.5, 0.6) is 0 Å². The first-order chi connectivity index (χ1) is 12.7. The summed E-state index contributed by atoms with van der Waals surface area (Å²) in [5, 5.41) is 0. The summed E-state index contributed by atoms with van der Waals surface area (Å²) in [7, 11) is 1.38. The Morgan fingerprint density at radius 1 is 1.00 bits per heavy atom. The number of aromatic nitrogens is 1. The summed E-state index contributed by atoms with van der Waals surface area (Å²) >= 11 is 0. The van der Waals surface area contributed by atoms with Crippen molar-refractivity contribution in [2.75, 3.05) is 38.2 Å². The number of methoxy groups -OCH3 is 1. The molecule has 2 aromatic rings. The first-order valence-corrected chi connectivity index (χ1v) is 8.77. The predicted molar refractivity (Wildman–Crippen MR) is 99.1 cm³/mol. The molecule has 0 aliphatic carbocycles. The van der Waals surface area contributed by atoms with Crippen molar-refractivity contribution in [2.24, 2.45) is 0 Å². The smallest absolute Gasteiger partial charge is 0.337 e. The summed E-state index contributed by atoms with van der Waals surface area (Å²) in [6.07, 6.45) is 4.78. The van der Waals surface area contributed by atoms with Gasteiger partial charge in [-0.05, 0) is 48.4 Å². The lowest BCUT2D eigenvalue weighted by Gasteiger charge is -2.36. The molecule has 0 radical (unpaired) electrons. The molecule has 1 saturated heterocycles. The van der Waals surface area contributed by atoms with Gasteiger partial charge in [0.15, 0.2) is 0 Å². The summed E-state index contributed by atoms with van der Waals surface area (Å²) in [4.78, 5) is 32.1. The van der Waals surface area contributed by atoms with Gasteiger partial charge in [0.1, 0.15) is 0 Å². The second kappa shape index (κ2) is 8.47. The third kappa shape index (κ3) is 4.39. The first kappa shape index (κ1) is 17.9. The number of carbonyl (C=O) groups excluding carboxylic acids is 2. The van der Waals surface area contributed by atoms with Crippen molar-refractivity contribution in [2.45, 2.75) is 12.8 Å². The molecule has 0 saturated carbocycles. The molecule has 0 unspecified atom stereocenters. The highest BCUT2D eigenvalue weighted by Crippen LogP contribution is 2.18. The molecule has 6 heteroatoms. The van der Waals surface area contributed by atoms with E-state index in [2.05, 4.69) is 9.88 Å². The third-order valence-corrected chi connectivity index (χ3v) is 4.66. The number of hydrogen-bond acceptors (Lipinski definition) is 5. The van der Waals surface area contributed by atoms with Gasteiger partial charge in [-0.2, -0.15) is 0 Å². The van der Waals surface area contributed by atoms with E-state index in [-0.39, 0.29) is 11.9 Å². The van der Waals surface area contributed by atoms with Crippen molar-refractivity contribution in [1.29, 1.82) is 0 Å². The predicted octanol–water partition coefficient (Wildman–Crippen LogP) is 2.15. The average molecular weight is 353 g/mol. The Morgan fingerprint density at radius 2 is 1.65 bits per heavy atom. The zero-order valence-corrected chi connectivity index (χ0v) is 14.9. The van der Waals surface area contributed by atoms with Crippen LogP contribution in [-0.2, 0) is 16.0 Å². The van der Waals surface area contributed by atoms with E-state index in [9.17, 15) is 9.59 Å². The number of amides is 1. The Hall–Kier alpha value is -2.89. The molecule has 1 amide bonds. The van der Waals surface area contributed by atoms with E-state index < -0.39 is 0 Å². The van der Waals surface area contributed by atoms with E-state index in [1.807, 2.05) is 29.2 Å². The van der Waals surface area contributed by atoms with E-state index in [0.29, 0.717) is 25.1 Å². The second-order valence-corrected chi connectivity index (χ2v) is 6.26. The monoisotopic (exact) mass is 353 g/mol. The lowest BCUT2D eigenvalue weighted by Crippen LogP contribution is -2.48. The van der Waals surface area contributed by atoms with Gasteiger partial charge < -0.3 is 14.5 Å². The van der Waals surface area contributed by atoms with Crippen LogP contribution in [0.1, 0.15) is 22.3 Å². The highest BCUT2D eigenvalue weighted by atomic mass is 16.5. The molecule has 0 N–H and O–H groups in total. The molecule has 2 heterocycles. The van der Waals surface area contributed by atoms with Crippen LogP contribution in [0.15, 0.2) is 48.8 Å². The van der Waals surface area contributed by atoms with Crippen molar-refractivity contribution in [3.63, 3.8) is 0 Å². The minimum absolute atomic E-state index is 0.197. The standard InChI is InChI=1S/C20H23N3O3/c1-26-20(25)17-3-5-18(6-4-17)22-12-14-23(15-13-22)19(24)7-2-16-8-10-21-11-9-16/h3-6,8-11H,2,7,12-15H2,1H3. The van der Waals surface area contributed by atoms with Gasteiger partial charge in [0, 0.05) is 50.7 Å². The Kier molecular flexibility index (Phi) is 5.84. The van der Waals surface area contributed by atoms with Crippen molar-refractivity contribution in [1.82, 2.24) is 9.88 Å². The largest absolute Gasteiger partial charge is 0.465 e. The minimum Gasteiger partial charge on any atom is -0.465 e. The number of benzene rings is 1. The quantitative estimate of drug-likeness (QED) is 0.771. The lowest BCUT2D eigenvalue weighted by atomic mass is 10.1. The number of hydrogen-bond donors (Lipinski definition) is 0. The molecule has 0 bridgehead atoms. The molecular formula is C20H23N3O3. The van der Waals surface area contributed by atoms with E-state index >= 15 is 0 Å². The molecule has 6 nitrogen and oxygen atoms in total. The van der Waals surface area contributed by atoms with Crippen LogP contribution in [0.2, 0.25) is 0 Å². The van der Waals surface area contributed by atoms with Gasteiger partial charge in [-0.25, -0.2) is 4.79 Å². The van der Waals surface area contributed by atoms with E-state index in [1.165, 1.54) is 7.11 Å². The maximum Gasteiger partial charge on any atom is 0.337 e. The highest BCUT2D eigenvalue weighted by molar-refractivity contribution is 5.89. The summed E-state index contributed by atoms with van der Waals surface area (Å²) in [5.74, 6) is -0.135. The molecule has 0 atom stereocenters. The molecule has 3 rings (SSSR count). The average Bonchev–Trinajstić information content (AvgIpc) is 2.72. The first-order valence-electron chi connectivity index (χ1n) is 8.77. The van der Waals surface area contributed by atoms with Crippen molar-refractivity contribution >= 4 is 17.6 Å². The SMILES string of the molecule is COC(=O)c1ccc(N2CCN(C(=O)CCc3ccncc3)CC2)cc1.